The van der Waals surface area contributed by atoms with Gasteiger partial charge < -0.3 is 5.32 Å². The predicted molar refractivity (Wildman–Crippen MR) is 66.4 cm³/mol. The number of pyridine rings is 1. The minimum Gasteiger partial charge on any atom is -0.349 e. The van der Waals surface area contributed by atoms with Crippen LogP contribution in [0, 0.1) is 0 Å². The van der Waals surface area contributed by atoms with E-state index in [4.69, 9.17) is 0 Å². The highest BCUT2D eigenvalue weighted by atomic mass is 16.2. The first kappa shape index (κ1) is 12.0. The summed E-state index contributed by atoms with van der Waals surface area (Å²) < 4.78 is 0. The molecule has 1 aliphatic heterocycles. The largest absolute Gasteiger partial charge is 0.349 e. The Morgan fingerprint density at radius 2 is 2.12 bits per heavy atom. The van der Waals surface area contributed by atoms with Crippen LogP contribution in [0.3, 0.4) is 0 Å². The van der Waals surface area contributed by atoms with Crippen molar-refractivity contribution < 1.29 is 4.79 Å². The lowest BCUT2D eigenvalue weighted by Crippen LogP contribution is -2.39. The van der Waals surface area contributed by atoms with Crippen LogP contribution in [0.1, 0.15) is 25.0 Å². The lowest BCUT2D eigenvalue weighted by molar-refractivity contribution is -0.122. The topological polar surface area (TPSA) is 45.2 Å². The van der Waals surface area contributed by atoms with E-state index in [0.29, 0.717) is 13.1 Å². The van der Waals surface area contributed by atoms with Crippen LogP contribution in [0.25, 0.3) is 0 Å². The molecule has 0 atom stereocenters. The molecule has 1 aromatic heterocycles. The predicted octanol–water partition coefficient (Wildman–Crippen LogP) is 1.18. The molecule has 4 nitrogen and oxygen atoms in total. The van der Waals surface area contributed by atoms with Crippen molar-refractivity contribution in [3.63, 3.8) is 0 Å². The summed E-state index contributed by atoms with van der Waals surface area (Å²) in [5, 5.41) is 2.90. The number of nitrogens with zero attached hydrogens (tertiary/aromatic N) is 2. The number of amides is 1. The molecular weight excluding hydrogens is 214 g/mol. The SMILES string of the molecule is O=C(CN1CCCCC1)NCc1ccccn1. The van der Waals surface area contributed by atoms with Gasteiger partial charge in [-0.25, -0.2) is 0 Å². The number of hydrogen-bond acceptors (Lipinski definition) is 3. The lowest BCUT2D eigenvalue weighted by Gasteiger charge is -2.25. The fourth-order valence-electron chi connectivity index (χ4n) is 2.07. The Morgan fingerprint density at radius 3 is 2.82 bits per heavy atom. The van der Waals surface area contributed by atoms with Gasteiger partial charge in [-0.15, -0.1) is 0 Å². The van der Waals surface area contributed by atoms with Crippen molar-refractivity contribution in [2.75, 3.05) is 19.6 Å². The van der Waals surface area contributed by atoms with Gasteiger partial charge >= 0.3 is 0 Å². The van der Waals surface area contributed by atoms with Crippen LogP contribution in [0.4, 0.5) is 0 Å². The van der Waals surface area contributed by atoms with Crippen LogP contribution in [-0.4, -0.2) is 35.4 Å². The number of nitrogens with one attached hydrogen (secondary N) is 1. The molecule has 0 unspecified atom stereocenters. The molecule has 1 aliphatic rings. The van der Waals surface area contributed by atoms with Gasteiger partial charge in [-0.3, -0.25) is 14.7 Å². The van der Waals surface area contributed by atoms with Crippen LogP contribution < -0.4 is 5.32 Å². The molecule has 0 saturated carbocycles. The molecule has 92 valence electrons. The van der Waals surface area contributed by atoms with E-state index in [2.05, 4.69) is 15.2 Å². The molecule has 17 heavy (non-hydrogen) atoms. The van der Waals surface area contributed by atoms with Crippen molar-refractivity contribution in [2.24, 2.45) is 0 Å². The molecule has 2 heterocycles. The fourth-order valence-corrected chi connectivity index (χ4v) is 2.07. The minimum atomic E-state index is 0.0950. The number of carbonyl (C=O) groups is 1. The van der Waals surface area contributed by atoms with Gasteiger partial charge in [0.15, 0.2) is 0 Å². The molecule has 1 N–H and O–H groups in total. The molecule has 0 spiro atoms. The number of rotatable bonds is 4. The van der Waals surface area contributed by atoms with Crippen LogP contribution in [0.15, 0.2) is 24.4 Å². The number of aromatic nitrogens is 1. The Hall–Kier alpha value is -1.42. The summed E-state index contributed by atoms with van der Waals surface area (Å²) in [5.74, 6) is 0.0950. The smallest absolute Gasteiger partial charge is 0.234 e. The molecule has 1 aromatic rings. The maximum atomic E-state index is 11.7. The molecule has 4 heteroatoms. The van der Waals surface area contributed by atoms with E-state index in [1.165, 1.54) is 19.3 Å². The van der Waals surface area contributed by atoms with Crippen LogP contribution in [0.5, 0.6) is 0 Å². The molecule has 1 saturated heterocycles. The van der Waals surface area contributed by atoms with Crippen molar-refractivity contribution >= 4 is 5.91 Å². The summed E-state index contributed by atoms with van der Waals surface area (Å²) in [6.45, 7) is 3.15. The maximum Gasteiger partial charge on any atom is 0.234 e. The summed E-state index contributed by atoms with van der Waals surface area (Å²) in [6, 6.07) is 5.72. The third-order valence-corrected chi connectivity index (χ3v) is 3.01. The quantitative estimate of drug-likeness (QED) is 0.849. The summed E-state index contributed by atoms with van der Waals surface area (Å²) in [7, 11) is 0. The van der Waals surface area contributed by atoms with Crippen molar-refractivity contribution in [1.82, 2.24) is 15.2 Å². The zero-order valence-corrected chi connectivity index (χ0v) is 10.1. The van der Waals surface area contributed by atoms with Gasteiger partial charge in [0.05, 0.1) is 18.8 Å². The van der Waals surface area contributed by atoms with Crippen LogP contribution in [-0.2, 0) is 11.3 Å². The maximum absolute atomic E-state index is 11.7. The molecule has 1 fully saturated rings. The Labute approximate surface area is 102 Å². The summed E-state index contributed by atoms with van der Waals surface area (Å²) >= 11 is 0. The zero-order chi connectivity index (χ0) is 11.9. The van der Waals surface area contributed by atoms with Gasteiger partial charge in [0.2, 0.25) is 5.91 Å². The lowest BCUT2D eigenvalue weighted by atomic mass is 10.1. The molecule has 1 amide bonds. The van der Waals surface area contributed by atoms with Crippen molar-refractivity contribution in [3.05, 3.63) is 30.1 Å². The molecular formula is C13H19N3O. The summed E-state index contributed by atoms with van der Waals surface area (Å²) in [5.41, 5.74) is 0.902. The van der Waals surface area contributed by atoms with Gasteiger partial charge in [-0.2, -0.15) is 0 Å². The van der Waals surface area contributed by atoms with Gasteiger partial charge in [0.1, 0.15) is 0 Å². The summed E-state index contributed by atoms with van der Waals surface area (Å²) in [4.78, 5) is 18.1. The Morgan fingerprint density at radius 1 is 1.29 bits per heavy atom. The highest BCUT2D eigenvalue weighted by Crippen LogP contribution is 2.07. The normalized spacial score (nSPS) is 16.7. The third kappa shape index (κ3) is 4.15. The van der Waals surface area contributed by atoms with Gasteiger partial charge in [-0.05, 0) is 38.1 Å². The van der Waals surface area contributed by atoms with Gasteiger partial charge in [0, 0.05) is 6.20 Å². The minimum absolute atomic E-state index is 0.0950. The fraction of sp³-hybridized carbons (Fsp3) is 0.538. The highest BCUT2D eigenvalue weighted by Gasteiger charge is 2.13. The van der Waals surface area contributed by atoms with E-state index in [1.54, 1.807) is 6.20 Å². The molecule has 2 rings (SSSR count). The van der Waals surface area contributed by atoms with Gasteiger partial charge in [0.25, 0.3) is 0 Å². The van der Waals surface area contributed by atoms with Crippen molar-refractivity contribution in [1.29, 1.82) is 0 Å². The van der Waals surface area contributed by atoms with E-state index < -0.39 is 0 Å². The van der Waals surface area contributed by atoms with E-state index in [-0.39, 0.29) is 5.91 Å². The van der Waals surface area contributed by atoms with E-state index in [9.17, 15) is 4.79 Å². The number of carbonyl (C=O) groups excluding carboxylic acids is 1. The van der Waals surface area contributed by atoms with Crippen LogP contribution in [0.2, 0.25) is 0 Å². The Bertz CT molecular complexity index is 347. The van der Waals surface area contributed by atoms with E-state index >= 15 is 0 Å². The second-order valence-electron chi connectivity index (χ2n) is 4.43. The number of piperidine rings is 1. The average Bonchev–Trinajstić information content (AvgIpc) is 2.39. The van der Waals surface area contributed by atoms with Crippen LogP contribution >= 0.6 is 0 Å². The Kier molecular flexibility index (Phi) is 4.50. The first-order chi connectivity index (χ1) is 8.34. The monoisotopic (exact) mass is 233 g/mol. The first-order valence-electron chi connectivity index (χ1n) is 6.23. The average molecular weight is 233 g/mol. The Balaban J connectivity index is 1.70. The number of likely N-dealkylation sites (tertiary alicyclic amines) is 1. The summed E-state index contributed by atoms with van der Waals surface area (Å²) in [6.07, 6.45) is 5.47. The molecule has 0 radical (unpaired) electrons. The number of hydrogen-bond donors (Lipinski definition) is 1. The molecule has 0 aromatic carbocycles. The standard InChI is InChI=1S/C13H19N3O/c17-13(11-16-8-4-1-5-9-16)15-10-12-6-2-3-7-14-12/h2-3,6-7H,1,4-5,8-11H2,(H,15,17). The van der Waals surface area contributed by atoms with E-state index in [0.717, 1.165) is 18.8 Å². The van der Waals surface area contributed by atoms with E-state index in [1.807, 2.05) is 18.2 Å². The zero-order valence-electron chi connectivity index (χ0n) is 10.1. The highest BCUT2D eigenvalue weighted by molar-refractivity contribution is 5.77. The molecule has 0 aliphatic carbocycles. The molecule has 0 bridgehead atoms. The second kappa shape index (κ2) is 6.35. The third-order valence-electron chi connectivity index (χ3n) is 3.01. The first-order valence-corrected chi connectivity index (χ1v) is 6.23. The van der Waals surface area contributed by atoms with Gasteiger partial charge in [-0.1, -0.05) is 12.5 Å². The van der Waals surface area contributed by atoms with Crippen molar-refractivity contribution in [3.8, 4) is 0 Å². The van der Waals surface area contributed by atoms with Crippen molar-refractivity contribution in [2.45, 2.75) is 25.8 Å². The second-order valence-corrected chi connectivity index (χ2v) is 4.43.